The predicted octanol–water partition coefficient (Wildman–Crippen LogP) is 4.19. The Labute approximate surface area is 195 Å². The van der Waals surface area contributed by atoms with Gasteiger partial charge in [0.15, 0.2) is 0 Å². The van der Waals surface area contributed by atoms with E-state index in [-0.39, 0.29) is 30.4 Å². The molecule has 7 nitrogen and oxygen atoms in total. The van der Waals surface area contributed by atoms with Crippen LogP contribution in [0.4, 0.5) is 11.5 Å². The molecule has 32 heavy (non-hydrogen) atoms. The number of aryl methyl sites for hydroxylation is 1. The minimum Gasteiger partial charge on any atom is -0.363 e. The second kappa shape index (κ2) is 10.1. The first-order valence-corrected chi connectivity index (χ1v) is 10.8. The van der Waals surface area contributed by atoms with E-state index in [0.717, 1.165) is 53.4 Å². The number of aromatic nitrogens is 3. The van der Waals surface area contributed by atoms with Gasteiger partial charge in [-0.15, -0.1) is 12.4 Å². The minimum absolute atomic E-state index is 0. The first-order valence-electron chi connectivity index (χ1n) is 10.8. The molecule has 2 aromatic heterocycles. The lowest BCUT2D eigenvalue weighted by Crippen LogP contribution is -2.43. The van der Waals surface area contributed by atoms with Crippen molar-refractivity contribution in [3.63, 3.8) is 0 Å². The van der Waals surface area contributed by atoms with Crippen molar-refractivity contribution in [3.8, 4) is 11.1 Å². The summed E-state index contributed by atoms with van der Waals surface area (Å²) < 4.78 is 1.95. The van der Waals surface area contributed by atoms with Gasteiger partial charge < -0.3 is 15.5 Å². The largest absolute Gasteiger partial charge is 0.363 e. The number of pyridine rings is 1. The third-order valence-electron chi connectivity index (χ3n) is 5.79. The fraction of sp³-hybridized carbons (Fsp3) is 0.375. The van der Waals surface area contributed by atoms with Crippen LogP contribution < -0.4 is 15.5 Å². The molecule has 0 saturated heterocycles. The number of likely N-dealkylation sites (N-methyl/N-ethyl adjacent to an activating group) is 1. The van der Waals surface area contributed by atoms with Crippen molar-refractivity contribution in [1.82, 2.24) is 20.1 Å². The zero-order valence-electron chi connectivity index (χ0n) is 19.0. The van der Waals surface area contributed by atoms with E-state index in [2.05, 4.69) is 52.0 Å². The minimum atomic E-state index is 0. The summed E-state index contributed by atoms with van der Waals surface area (Å²) in [5, 5.41) is 11.2. The smallest absolute Gasteiger partial charge is 0.224 e. The van der Waals surface area contributed by atoms with Gasteiger partial charge >= 0.3 is 0 Å². The molecule has 2 N–H and O–H groups in total. The molecule has 170 valence electrons. The molecule has 0 bridgehead atoms. The Hall–Kier alpha value is -2.90. The first-order chi connectivity index (χ1) is 15.0. The van der Waals surface area contributed by atoms with Crippen LogP contribution in [0.5, 0.6) is 0 Å². The standard InChI is InChI=1S/C24H30N6O.ClH/c1-16-6-5-7-24(27-16)28-22-12-17(2)30(18(3)31)23-9-8-19(13-21(22)23)20-14-26-29(15-20)11-10-25-4;/h5-9,13-15,17,22,25H,10-12H2,1-4H3,(H,27,28);1H/t17-,22+;/m0./s1. The van der Waals surface area contributed by atoms with Crippen molar-refractivity contribution in [2.45, 2.75) is 45.8 Å². The van der Waals surface area contributed by atoms with E-state index >= 15 is 0 Å². The number of hydrogen-bond donors (Lipinski definition) is 2. The lowest BCUT2D eigenvalue weighted by Gasteiger charge is -2.39. The van der Waals surface area contributed by atoms with Crippen LogP contribution in [0.15, 0.2) is 48.8 Å². The van der Waals surface area contributed by atoms with E-state index in [9.17, 15) is 4.79 Å². The Kier molecular flexibility index (Phi) is 7.53. The molecule has 0 aliphatic carbocycles. The highest BCUT2D eigenvalue weighted by Gasteiger charge is 2.32. The SMILES string of the molecule is CNCCn1cc(-c2ccc3c(c2)[C@H](Nc2cccc(C)n2)C[C@H](C)N3C(C)=O)cn1.Cl. The highest BCUT2D eigenvalue weighted by Crippen LogP contribution is 2.40. The Morgan fingerprint density at radius 2 is 2.03 bits per heavy atom. The number of carbonyl (C=O) groups excluding carboxylic acids is 1. The van der Waals surface area contributed by atoms with E-state index in [1.165, 1.54) is 0 Å². The van der Waals surface area contributed by atoms with E-state index in [4.69, 9.17) is 0 Å². The van der Waals surface area contributed by atoms with Crippen LogP contribution in [0.2, 0.25) is 0 Å². The third-order valence-corrected chi connectivity index (χ3v) is 5.79. The van der Waals surface area contributed by atoms with Gasteiger partial charge in [-0.1, -0.05) is 12.1 Å². The van der Waals surface area contributed by atoms with Crippen molar-refractivity contribution in [1.29, 1.82) is 0 Å². The summed E-state index contributed by atoms with van der Waals surface area (Å²) >= 11 is 0. The number of amides is 1. The summed E-state index contributed by atoms with van der Waals surface area (Å²) in [6, 6.07) is 12.5. The van der Waals surface area contributed by atoms with Crippen LogP contribution in [-0.2, 0) is 11.3 Å². The maximum Gasteiger partial charge on any atom is 0.224 e. The number of hydrogen-bond acceptors (Lipinski definition) is 5. The maximum atomic E-state index is 12.4. The van der Waals surface area contributed by atoms with Gasteiger partial charge in [-0.3, -0.25) is 9.48 Å². The maximum absolute atomic E-state index is 12.4. The highest BCUT2D eigenvalue weighted by molar-refractivity contribution is 5.94. The number of benzene rings is 1. The molecule has 1 aromatic carbocycles. The molecular weight excluding hydrogens is 424 g/mol. The Morgan fingerprint density at radius 3 is 2.75 bits per heavy atom. The van der Waals surface area contributed by atoms with Gasteiger partial charge in [0.1, 0.15) is 5.82 Å². The van der Waals surface area contributed by atoms with Crippen LogP contribution in [0.1, 0.15) is 37.6 Å². The quantitative estimate of drug-likeness (QED) is 0.584. The van der Waals surface area contributed by atoms with Crippen molar-refractivity contribution >= 4 is 29.8 Å². The number of fused-ring (bicyclic) bond motifs is 1. The van der Waals surface area contributed by atoms with Crippen molar-refractivity contribution < 1.29 is 4.79 Å². The summed E-state index contributed by atoms with van der Waals surface area (Å²) in [4.78, 5) is 18.9. The van der Waals surface area contributed by atoms with Gasteiger partial charge in [0.25, 0.3) is 0 Å². The van der Waals surface area contributed by atoms with E-state index in [0.29, 0.717) is 0 Å². The van der Waals surface area contributed by atoms with E-state index < -0.39 is 0 Å². The molecule has 0 fully saturated rings. The summed E-state index contributed by atoms with van der Waals surface area (Å²) in [7, 11) is 1.94. The number of rotatable bonds is 6. The summed E-state index contributed by atoms with van der Waals surface area (Å²) in [6.45, 7) is 7.41. The normalized spacial score (nSPS) is 17.4. The first kappa shape index (κ1) is 23.8. The molecule has 0 saturated carbocycles. The zero-order chi connectivity index (χ0) is 22.0. The van der Waals surface area contributed by atoms with Crippen molar-refractivity contribution in [2.75, 3.05) is 23.8 Å². The average Bonchev–Trinajstić information content (AvgIpc) is 3.21. The summed E-state index contributed by atoms with van der Waals surface area (Å²) in [5.41, 5.74) is 5.21. The lowest BCUT2D eigenvalue weighted by molar-refractivity contribution is -0.117. The van der Waals surface area contributed by atoms with Crippen LogP contribution in [0.3, 0.4) is 0 Å². The molecule has 4 rings (SSSR count). The molecule has 0 radical (unpaired) electrons. The van der Waals surface area contributed by atoms with E-state index in [1.54, 1.807) is 6.92 Å². The number of anilines is 2. The highest BCUT2D eigenvalue weighted by atomic mass is 35.5. The molecule has 3 aromatic rings. The predicted molar refractivity (Wildman–Crippen MR) is 131 cm³/mol. The average molecular weight is 455 g/mol. The molecule has 8 heteroatoms. The molecule has 1 aliphatic heterocycles. The van der Waals surface area contributed by atoms with Crippen molar-refractivity contribution in [2.24, 2.45) is 0 Å². The summed E-state index contributed by atoms with van der Waals surface area (Å²) in [6.07, 6.45) is 4.78. The fourth-order valence-electron chi connectivity index (χ4n) is 4.32. The van der Waals surface area contributed by atoms with E-state index in [1.807, 2.05) is 47.9 Å². The molecule has 0 spiro atoms. The molecule has 1 aliphatic rings. The van der Waals surface area contributed by atoms with Gasteiger partial charge in [0.2, 0.25) is 5.91 Å². The third kappa shape index (κ3) is 4.95. The topological polar surface area (TPSA) is 75.1 Å². The Balaban J connectivity index is 0.00000289. The molecular formula is C24H31ClN6O. The molecule has 2 atom stereocenters. The molecule has 1 amide bonds. The van der Waals surface area contributed by atoms with Crippen molar-refractivity contribution in [3.05, 3.63) is 60.0 Å². The fourth-order valence-corrected chi connectivity index (χ4v) is 4.32. The van der Waals surface area contributed by atoms with Gasteiger partial charge in [-0.25, -0.2) is 4.98 Å². The second-order valence-electron chi connectivity index (χ2n) is 8.20. The van der Waals surface area contributed by atoms with Gasteiger partial charge in [-0.2, -0.15) is 5.10 Å². The van der Waals surface area contributed by atoms with Crippen LogP contribution in [0.25, 0.3) is 11.1 Å². The summed E-state index contributed by atoms with van der Waals surface area (Å²) in [5.74, 6) is 0.915. The van der Waals surface area contributed by atoms with Crippen LogP contribution in [0, 0.1) is 6.92 Å². The molecule has 0 unspecified atom stereocenters. The van der Waals surface area contributed by atoms with Crippen LogP contribution >= 0.6 is 12.4 Å². The zero-order valence-corrected chi connectivity index (χ0v) is 19.8. The second-order valence-corrected chi connectivity index (χ2v) is 8.20. The number of nitrogens with zero attached hydrogens (tertiary/aromatic N) is 4. The lowest BCUT2D eigenvalue weighted by atomic mass is 9.89. The number of carbonyl (C=O) groups is 1. The Morgan fingerprint density at radius 1 is 1.22 bits per heavy atom. The number of nitrogens with one attached hydrogen (secondary N) is 2. The number of halogens is 1. The van der Waals surface area contributed by atoms with Crippen LogP contribution in [-0.4, -0.2) is 40.3 Å². The molecule has 3 heterocycles. The monoisotopic (exact) mass is 454 g/mol. The van der Waals surface area contributed by atoms with Gasteiger partial charge in [0, 0.05) is 42.7 Å². The Bertz CT molecular complexity index is 1080. The van der Waals surface area contributed by atoms with Gasteiger partial charge in [-0.05, 0) is 62.7 Å². The van der Waals surface area contributed by atoms with Gasteiger partial charge in [0.05, 0.1) is 18.8 Å².